The highest BCUT2D eigenvalue weighted by Gasteiger charge is 2.35. The smallest absolute Gasteiger partial charge is 0.109 e. The normalized spacial score (nSPS) is 29.9. The van der Waals surface area contributed by atoms with Crippen molar-refractivity contribution in [2.24, 2.45) is 0 Å². The van der Waals surface area contributed by atoms with E-state index in [-0.39, 0.29) is 11.6 Å². The molecule has 16 heavy (non-hydrogen) atoms. The molecule has 1 aliphatic carbocycles. The average molecular weight is 224 g/mol. The van der Waals surface area contributed by atoms with E-state index in [1.807, 2.05) is 7.05 Å². The van der Waals surface area contributed by atoms with Crippen molar-refractivity contribution in [3.63, 3.8) is 0 Å². The predicted molar refractivity (Wildman–Crippen MR) is 65.1 cm³/mol. The van der Waals surface area contributed by atoms with Crippen LogP contribution in [-0.4, -0.2) is 25.3 Å². The molecule has 0 saturated heterocycles. The van der Waals surface area contributed by atoms with Crippen LogP contribution < -0.4 is 5.32 Å². The van der Waals surface area contributed by atoms with E-state index in [2.05, 4.69) is 18.3 Å². The van der Waals surface area contributed by atoms with E-state index in [4.69, 9.17) is 4.74 Å². The fraction of sp³-hybridized carbons (Fsp3) is 0.923. The van der Waals surface area contributed by atoms with Crippen LogP contribution in [0.4, 0.5) is 0 Å². The lowest BCUT2D eigenvalue weighted by atomic mass is 9.81. The van der Waals surface area contributed by atoms with Gasteiger partial charge in [0.1, 0.15) is 5.54 Å². The molecular weight excluding hydrogens is 200 g/mol. The van der Waals surface area contributed by atoms with Crippen LogP contribution in [-0.2, 0) is 4.74 Å². The van der Waals surface area contributed by atoms with Gasteiger partial charge in [0.25, 0.3) is 0 Å². The van der Waals surface area contributed by atoms with E-state index in [1.54, 1.807) is 0 Å². The lowest BCUT2D eigenvalue weighted by Crippen LogP contribution is -2.47. The van der Waals surface area contributed by atoms with E-state index in [9.17, 15) is 5.26 Å². The molecule has 3 nitrogen and oxygen atoms in total. The van der Waals surface area contributed by atoms with Crippen molar-refractivity contribution in [3.8, 4) is 6.07 Å². The maximum Gasteiger partial charge on any atom is 0.109 e. The molecule has 1 fully saturated rings. The van der Waals surface area contributed by atoms with Gasteiger partial charge < -0.3 is 10.1 Å². The Kier molecular flexibility index (Phi) is 5.79. The van der Waals surface area contributed by atoms with Gasteiger partial charge in [-0.05, 0) is 32.7 Å². The summed E-state index contributed by atoms with van der Waals surface area (Å²) < 4.78 is 5.85. The van der Waals surface area contributed by atoms with Crippen LogP contribution >= 0.6 is 0 Å². The molecule has 2 atom stereocenters. The molecule has 3 heteroatoms. The third kappa shape index (κ3) is 3.77. The summed E-state index contributed by atoms with van der Waals surface area (Å²) in [7, 11) is 1.88. The molecule has 0 spiro atoms. The van der Waals surface area contributed by atoms with Gasteiger partial charge in [0.05, 0.1) is 12.2 Å². The Balaban J connectivity index is 2.30. The molecule has 1 N–H and O–H groups in total. The average Bonchev–Trinajstić information content (AvgIpc) is 2.35. The van der Waals surface area contributed by atoms with E-state index >= 15 is 0 Å². The summed E-state index contributed by atoms with van der Waals surface area (Å²) in [5.74, 6) is 0. The van der Waals surface area contributed by atoms with Gasteiger partial charge in [-0.1, -0.05) is 19.8 Å². The second-order valence-corrected chi connectivity index (χ2v) is 4.74. The summed E-state index contributed by atoms with van der Waals surface area (Å²) in [4.78, 5) is 0. The molecule has 0 bridgehead atoms. The summed E-state index contributed by atoms with van der Waals surface area (Å²) in [5, 5.41) is 12.4. The molecule has 1 saturated carbocycles. The van der Waals surface area contributed by atoms with Crippen LogP contribution in [0.1, 0.15) is 51.9 Å². The summed E-state index contributed by atoms with van der Waals surface area (Å²) in [6.45, 7) is 3.05. The van der Waals surface area contributed by atoms with Crippen molar-refractivity contribution in [2.75, 3.05) is 13.7 Å². The molecule has 1 rings (SSSR count). The van der Waals surface area contributed by atoms with Crippen molar-refractivity contribution in [1.29, 1.82) is 5.26 Å². The van der Waals surface area contributed by atoms with Crippen molar-refractivity contribution >= 4 is 0 Å². The number of nitriles is 1. The summed E-state index contributed by atoms with van der Waals surface area (Å²) in [5.41, 5.74) is -0.340. The van der Waals surface area contributed by atoms with E-state index < -0.39 is 0 Å². The van der Waals surface area contributed by atoms with Crippen LogP contribution in [0.25, 0.3) is 0 Å². The molecule has 0 radical (unpaired) electrons. The Morgan fingerprint density at radius 1 is 1.50 bits per heavy atom. The number of rotatable bonds is 6. The maximum atomic E-state index is 9.20. The Morgan fingerprint density at radius 2 is 2.31 bits per heavy atom. The second-order valence-electron chi connectivity index (χ2n) is 4.74. The second kappa shape index (κ2) is 6.88. The van der Waals surface area contributed by atoms with Gasteiger partial charge in [0.2, 0.25) is 0 Å². The molecule has 2 unspecified atom stereocenters. The van der Waals surface area contributed by atoms with Gasteiger partial charge in [0.15, 0.2) is 0 Å². The largest absolute Gasteiger partial charge is 0.378 e. The van der Waals surface area contributed by atoms with Gasteiger partial charge in [0, 0.05) is 13.0 Å². The van der Waals surface area contributed by atoms with Gasteiger partial charge in [-0.2, -0.15) is 5.26 Å². The Labute approximate surface area is 99.2 Å². The minimum atomic E-state index is -0.340. The molecule has 0 amide bonds. The zero-order chi connectivity index (χ0) is 11.9. The van der Waals surface area contributed by atoms with Crippen molar-refractivity contribution in [1.82, 2.24) is 5.32 Å². The molecular formula is C13H24N2O. The number of nitrogens with one attached hydrogen (secondary N) is 1. The Bertz CT molecular complexity index is 237. The monoisotopic (exact) mass is 224 g/mol. The minimum absolute atomic E-state index is 0.276. The minimum Gasteiger partial charge on any atom is -0.378 e. The van der Waals surface area contributed by atoms with Crippen LogP contribution in [0, 0.1) is 11.3 Å². The van der Waals surface area contributed by atoms with Crippen molar-refractivity contribution in [2.45, 2.75) is 63.5 Å². The number of unbranched alkanes of at least 4 members (excludes halogenated alkanes) is 2. The molecule has 92 valence electrons. The first-order valence-corrected chi connectivity index (χ1v) is 6.48. The molecule has 1 aliphatic rings. The third-order valence-corrected chi connectivity index (χ3v) is 3.50. The fourth-order valence-electron chi connectivity index (χ4n) is 2.35. The summed E-state index contributed by atoms with van der Waals surface area (Å²) in [6, 6.07) is 2.41. The summed E-state index contributed by atoms with van der Waals surface area (Å²) in [6.07, 6.45) is 7.88. The number of nitrogens with zero attached hydrogens (tertiary/aromatic N) is 1. The van der Waals surface area contributed by atoms with E-state index in [1.165, 1.54) is 12.8 Å². The quantitative estimate of drug-likeness (QED) is 0.705. The van der Waals surface area contributed by atoms with Gasteiger partial charge >= 0.3 is 0 Å². The van der Waals surface area contributed by atoms with Gasteiger partial charge in [-0.15, -0.1) is 0 Å². The van der Waals surface area contributed by atoms with Crippen LogP contribution in [0.2, 0.25) is 0 Å². The number of hydrogen-bond acceptors (Lipinski definition) is 3. The van der Waals surface area contributed by atoms with Crippen LogP contribution in [0.3, 0.4) is 0 Å². The highest BCUT2D eigenvalue weighted by atomic mass is 16.5. The zero-order valence-corrected chi connectivity index (χ0v) is 10.6. The molecule has 0 aliphatic heterocycles. The van der Waals surface area contributed by atoms with Crippen LogP contribution in [0.15, 0.2) is 0 Å². The number of hydrogen-bond donors (Lipinski definition) is 1. The lowest BCUT2D eigenvalue weighted by molar-refractivity contribution is 0.00861. The van der Waals surface area contributed by atoms with Crippen LogP contribution in [0.5, 0.6) is 0 Å². The van der Waals surface area contributed by atoms with E-state index in [0.717, 1.165) is 38.7 Å². The topological polar surface area (TPSA) is 45.0 Å². The number of ether oxygens (including phenoxy) is 1. The van der Waals surface area contributed by atoms with Crippen molar-refractivity contribution < 1.29 is 4.74 Å². The van der Waals surface area contributed by atoms with Gasteiger partial charge in [-0.25, -0.2) is 0 Å². The lowest BCUT2D eigenvalue weighted by Gasteiger charge is -2.35. The first kappa shape index (κ1) is 13.5. The fourth-order valence-corrected chi connectivity index (χ4v) is 2.35. The molecule has 0 aromatic carbocycles. The highest BCUT2D eigenvalue weighted by Crippen LogP contribution is 2.29. The van der Waals surface area contributed by atoms with E-state index in [0.29, 0.717) is 0 Å². The summed E-state index contributed by atoms with van der Waals surface area (Å²) >= 11 is 0. The van der Waals surface area contributed by atoms with Gasteiger partial charge in [-0.3, -0.25) is 0 Å². The SMILES string of the molecule is CCCCCOC1CCCC(C#N)(NC)C1. The first-order chi connectivity index (χ1) is 7.76. The first-order valence-electron chi connectivity index (χ1n) is 6.48. The predicted octanol–water partition coefficient (Wildman–Crippen LogP) is 2.62. The molecule has 0 heterocycles. The third-order valence-electron chi connectivity index (χ3n) is 3.50. The maximum absolute atomic E-state index is 9.20. The molecule has 0 aromatic rings. The Hall–Kier alpha value is -0.590. The standard InChI is InChI=1S/C13H24N2O/c1-3-4-5-9-16-12-7-6-8-13(10-12,11-14)15-2/h12,15H,3-10H2,1-2H3. The molecule has 0 aromatic heterocycles. The highest BCUT2D eigenvalue weighted by molar-refractivity contribution is 5.09. The Morgan fingerprint density at radius 3 is 2.94 bits per heavy atom. The van der Waals surface area contributed by atoms with Crippen molar-refractivity contribution in [3.05, 3.63) is 0 Å². The zero-order valence-electron chi connectivity index (χ0n) is 10.6.